The number of rotatable bonds is 3. The maximum atomic E-state index is 10.4. The maximum Gasteiger partial charge on any atom is 0.305 e. The van der Waals surface area contributed by atoms with Gasteiger partial charge in [0.1, 0.15) is 0 Å². The van der Waals surface area contributed by atoms with E-state index in [4.69, 9.17) is 5.11 Å². The normalized spacial score (nSPS) is 11.4. The lowest BCUT2D eigenvalue weighted by Gasteiger charge is -2.15. The monoisotopic (exact) mass is 144 g/mol. The second-order valence-corrected chi connectivity index (χ2v) is 4.77. The molecule has 0 aromatic carbocycles. The summed E-state index contributed by atoms with van der Waals surface area (Å²) < 4.78 is 0. The molecule has 2 radical (unpaired) electrons. The zero-order valence-electron chi connectivity index (χ0n) is 6.06. The van der Waals surface area contributed by atoms with Crippen LogP contribution in [0.1, 0.15) is 20.8 Å². The minimum atomic E-state index is -0.692. The fourth-order valence-electron chi connectivity index (χ4n) is 0.518. The van der Waals surface area contributed by atoms with Gasteiger partial charge in [-0.3, -0.25) is 4.79 Å². The van der Waals surface area contributed by atoms with E-state index < -0.39 is 11.0 Å². The van der Waals surface area contributed by atoms with Gasteiger partial charge >= 0.3 is 5.97 Å². The van der Waals surface area contributed by atoms with Crippen molar-refractivity contribution in [2.24, 2.45) is 0 Å². The van der Waals surface area contributed by atoms with Crippen molar-refractivity contribution < 1.29 is 9.90 Å². The Morgan fingerprint density at radius 1 is 1.67 bits per heavy atom. The highest BCUT2D eigenvalue weighted by Crippen LogP contribution is 2.22. The van der Waals surface area contributed by atoms with Gasteiger partial charge in [-0.25, -0.2) is 0 Å². The molecular weight excluding hydrogens is 132 g/mol. The maximum absolute atomic E-state index is 10.4. The lowest BCUT2D eigenvalue weighted by atomic mass is 10.2. The van der Waals surface area contributed by atoms with Crippen LogP contribution in [0.25, 0.3) is 0 Å². The minimum absolute atomic E-state index is 0.505. The van der Waals surface area contributed by atoms with E-state index in [0.717, 1.165) is 6.04 Å². The molecule has 0 heterocycles. The van der Waals surface area contributed by atoms with Crippen LogP contribution in [0.3, 0.4) is 0 Å². The average Bonchev–Trinajstić information content (AvgIpc) is 1.65. The highest BCUT2D eigenvalue weighted by Gasteiger charge is 2.25. The van der Waals surface area contributed by atoms with E-state index in [9.17, 15) is 4.79 Å². The molecule has 2 nitrogen and oxygen atoms in total. The average molecular weight is 144 g/mol. The quantitative estimate of drug-likeness (QED) is 0.608. The molecule has 0 bridgehead atoms. The summed E-state index contributed by atoms with van der Waals surface area (Å²) in [7, 11) is 0.522. The summed E-state index contributed by atoms with van der Waals surface area (Å²) in [6.07, 6.45) is 0. The molecule has 0 saturated carbocycles. The van der Waals surface area contributed by atoms with Crippen molar-refractivity contribution in [3.63, 3.8) is 0 Å². The summed E-state index contributed by atoms with van der Waals surface area (Å²) in [4.78, 5) is 10.4. The van der Waals surface area contributed by atoms with Crippen LogP contribution in [0.2, 0.25) is 11.1 Å². The molecule has 0 atom stereocenters. The van der Waals surface area contributed by atoms with Crippen molar-refractivity contribution in [3.05, 3.63) is 0 Å². The zero-order valence-corrected chi connectivity index (χ0v) is 7.06. The molecule has 0 spiro atoms. The van der Waals surface area contributed by atoms with Gasteiger partial charge in [-0.1, -0.05) is 26.8 Å². The van der Waals surface area contributed by atoms with E-state index in [1.165, 1.54) is 0 Å². The third kappa shape index (κ3) is 2.65. The Bertz CT molecular complexity index is 110. The third-order valence-corrected chi connectivity index (χ3v) is 2.60. The number of carboxylic acid groups (broad SMARTS) is 1. The molecule has 1 N–H and O–H groups in total. The molecule has 0 aliphatic heterocycles. The standard InChI is InChI=1S/C6H12O2Si/c1-4-9-6(2,3)5(7)8/h4H2,1-3H3,(H,7,8). The van der Waals surface area contributed by atoms with Crippen molar-refractivity contribution in [3.8, 4) is 0 Å². The van der Waals surface area contributed by atoms with Crippen LogP contribution < -0.4 is 0 Å². The molecule has 0 aromatic heterocycles. The second-order valence-electron chi connectivity index (χ2n) is 2.46. The van der Waals surface area contributed by atoms with Crippen molar-refractivity contribution >= 4 is 15.5 Å². The Balaban J connectivity index is 3.85. The van der Waals surface area contributed by atoms with Crippen LogP contribution in [0.4, 0.5) is 0 Å². The molecule has 0 fully saturated rings. The Hall–Kier alpha value is -0.313. The number of hydrogen-bond acceptors (Lipinski definition) is 1. The summed E-state index contributed by atoms with van der Waals surface area (Å²) in [5, 5.41) is 8.07. The summed E-state index contributed by atoms with van der Waals surface area (Å²) in [5.74, 6) is -0.692. The van der Waals surface area contributed by atoms with Crippen molar-refractivity contribution in [1.82, 2.24) is 0 Å². The molecule has 0 unspecified atom stereocenters. The number of carboxylic acids is 1. The van der Waals surface area contributed by atoms with Crippen LogP contribution in [-0.4, -0.2) is 20.6 Å². The van der Waals surface area contributed by atoms with E-state index in [1.807, 2.05) is 6.92 Å². The molecule has 9 heavy (non-hydrogen) atoms. The van der Waals surface area contributed by atoms with Crippen LogP contribution in [-0.2, 0) is 4.79 Å². The zero-order chi connectivity index (χ0) is 7.49. The predicted molar refractivity (Wildman–Crippen MR) is 37.9 cm³/mol. The first-order valence-corrected chi connectivity index (χ1v) is 4.20. The van der Waals surface area contributed by atoms with Crippen LogP contribution in [0.5, 0.6) is 0 Å². The highest BCUT2D eigenvalue weighted by molar-refractivity contribution is 6.46. The Morgan fingerprint density at radius 3 is 2.22 bits per heavy atom. The topological polar surface area (TPSA) is 37.3 Å². The number of aliphatic carboxylic acids is 1. The van der Waals surface area contributed by atoms with Crippen LogP contribution >= 0.6 is 0 Å². The first kappa shape index (κ1) is 8.69. The summed E-state index contributed by atoms with van der Waals surface area (Å²) in [6, 6.07) is 0.958. The summed E-state index contributed by atoms with van der Waals surface area (Å²) in [5.41, 5.74) is 0. The molecule has 0 rings (SSSR count). The predicted octanol–water partition coefficient (Wildman–Crippen LogP) is 1.41. The first-order valence-electron chi connectivity index (χ1n) is 2.99. The van der Waals surface area contributed by atoms with Gasteiger partial charge in [0.2, 0.25) is 0 Å². The Labute approximate surface area is 58.1 Å². The van der Waals surface area contributed by atoms with Gasteiger partial charge in [-0.2, -0.15) is 0 Å². The fourth-order valence-corrected chi connectivity index (χ4v) is 1.55. The van der Waals surface area contributed by atoms with E-state index in [2.05, 4.69) is 0 Å². The lowest BCUT2D eigenvalue weighted by molar-refractivity contribution is -0.139. The van der Waals surface area contributed by atoms with Gasteiger partial charge in [0.15, 0.2) is 0 Å². The first-order chi connectivity index (χ1) is 4.00. The fraction of sp³-hybridized carbons (Fsp3) is 0.833. The molecule has 3 heteroatoms. The summed E-state index contributed by atoms with van der Waals surface area (Å²) in [6.45, 7) is 5.53. The molecule has 52 valence electrons. The number of hydrogen-bond donors (Lipinski definition) is 1. The second kappa shape index (κ2) is 3.01. The smallest absolute Gasteiger partial charge is 0.305 e. The Kier molecular flexibility index (Phi) is 2.90. The molecular formula is C6H12O2Si. The van der Waals surface area contributed by atoms with Crippen molar-refractivity contribution in [2.45, 2.75) is 31.9 Å². The van der Waals surface area contributed by atoms with E-state index in [1.54, 1.807) is 13.8 Å². The van der Waals surface area contributed by atoms with Gasteiger partial charge < -0.3 is 5.11 Å². The number of carbonyl (C=O) groups is 1. The van der Waals surface area contributed by atoms with Crippen molar-refractivity contribution in [2.75, 3.05) is 0 Å². The lowest BCUT2D eigenvalue weighted by Crippen LogP contribution is -2.22. The van der Waals surface area contributed by atoms with E-state index >= 15 is 0 Å². The van der Waals surface area contributed by atoms with E-state index in [-0.39, 0.29) is 0 Å². The Morgan fingerprint density at radius 2 is 2.11 bits per heavy atom. The molecule has 0 saturated heterocycles. The van der Waals surface area contributed by atoms with Gasteiger partial charge in [0, 0.05) is 0 Å². The molecule has 0 aliphatic carbocycles. The summed E-state index contributed by atoms with van der Waals surface area (Å²) >= 11 is 0. The molecule has 0 amide bonds. The van der Waals surface area contributed by atoms with Gasteiger partial charge in [-0.15, -0.1) is 0 Å². The van der Waals surface area contributed by atoms with Gasteiger partial charge in [0.25, 0.3) is 0 Å². The third-order valence-electron chi connectivity index (χ3n) is 1.15. The van der Waals surface area contributed by atoms with Crippen LogP contribution in [0, 0.1) is 0 Å². The minimum Gasteiger partial charge on any atom is -0.481 e. The SMILES string of the molecule is CC[Si]C(C)(C)C(=O)O. The largest absolute Gasteiger partial charge is 0.481 e. The highest BCUT2D eigenvalue weighted by atomic mass is 28.2. The molecule has 0 aromatic rings. The molecule has 0 aliphatic rings. The van der Waals surface area contributed by atoms with Crippen LogP contribution in [0.15, 0.2) is 0 Å². The van der Waals surface area contributed by atoms with Gasteiger partial charge in [0.05, 0.1) is 14.6 Å². The van der Waals surface area contributed by atoms with E-state index in [0.29, 0.717) is 9.52 Å². The van der Waals surface area contributed by atoms with Crippen molar-refractivity contribution in [1.29, 1.82) is 0 Å². The van der Waals surface area contributed by atoms with Gasteiger partial charge in [-0.05, 0) is 0 Å².